The first-order valence-corrected chi connectivity index (χ1v) is 8.85. The van der Waals surface area contributed by atoms with Crippen LogP contribution in [0.15, 0.2) is 29.2 Å². The van der Waals surface area contributed by atoms with Crippen molar-refractivity contribution in [2.45, 2.75) is 19.9 Å². The van der Waals surface area contributed by atoms with Gasteiger partial charge in [0.25, 0.3) is 0 Å². The SMILES string of the molecule is CCN1CCC(Cn2cc(C(=O)O)c(=O)c3cc(I)ccc32)C1. The molecule has 2 heterocycles. The maximum absolute atomic E-state index is 12.4. The Labute approximate surface area is 148 Å². The molecule has 1 aromatic carbocycles. The summed E-state index contributed by atoms with van der Waals surface area (Å²) in [5.41, 5.74) is 0.268. The van der Waals surface area contributed by atoms with Gasteiger partial charge in [0.2, 0.25) is 5.43 Å². The lowest BCUT2D eigenvalue weighted by molar-refractivity contribution is 0.0694. The summed E-state index contributed by atoms with van der Waals surface area (Å²) < 4.78 is 2.87. The molecule has 5 nitrogen and oxygen atoms in total. The molecule has 0 spiro atoms. The number of nitrogens with zero attached hydrogens (tertiary/aromatic N) is 2. The van der Waals surface area contributed by atoms with Crippen LogP contribution in [0.5, 0.6) is 0 Å². The molecule has 0 bridgehead atoms. The van der Waals surface area contributed by atoms with Gasteiger partial charge in [-0.05, 0) is 66.2 Å². The van der Waals surface area contributed by atoms with Gasteiger partial charge in [0, 0.05) is 28.2 Å². The molecular weight excluding hydrogens is 407 g/mol. The Kier molecular flexibility index (Phi) is 4.72. The number of hydrogen-bond donors (Lipinski definition) is 1. The van der Waals surface area contributed by atoms with Crippen LogP contribution in [0.1, 0.15) is 23.7 Å². The summed E-state index contributed by atoms with van der Waals surface area (Å²) >= 11 is 2.14. The van der Waals surface area contributed by atoms with Crippen LogP contribution in [0.25, 0.3) is 10.9 Å². The lowest BCUT2D eigenvalue weighted by Crippen LogP contribution is -2.23. The average molecular weight is 426 g/mol. The van der Waals surface area contributed by atoms with E-state index in [0.29, 0.717) is 11.3 Å². The number of aromatic nitrogens is 1. The molecule has 0 saturated carbocycles. The molecule has 1 saturated heterocycles. The molecule has 1 atom stereocenters. The van der Waals surface area contributed by atoms with Crippen molar-refractivity contribution in [3.63, 3.8) is 0 Å². The third kappa shape index (κ3) is 3.28. The second-order valence-electron chi connectivity index (χ2n) is 6.04. The number of likely N-dealkylation sites (tertiary alicyclic amines) is 1. The highest BCUT2D eigenvalue weighted by atomic mass is 127. The maximum Gasteiger partial charge on any atom is 0.341 e. The minimum atomic E-state index is -1.16. The van der Waals surface area contributed by atoms with Gasteiger partial charge >= 0.3 is 5.97 Å². The number of fused-ring (bicyclic) bond motifs is 1. The zero-order valence-electron chi connectivity index (χ0n) is 13.0. The van der Waals surface area contributed by atoms with E-state index in [9.17, 15) is 14.7 Å². The number of carboxylic acids is 1. The summed E-state index contributed by atoms with van der Waals surface area (Å²) in [6.07, 6.45) is 2.61. The van der Waals surface area contributed by atoms with Crippen LogP contribution in [0.3, 0.4) is 0 Å². The van der Waals surface area contributed by atoms with Gasteiger partial charge in [-0.25, -0.2) is 4.79 Å². The molecule has 0 radical (unpaired) electrons. The van der Waals surface area contributed by atoms with Crippen LogP contribution < -0.4 is 5.43 Å². The largest absolute Gasteiger partial charge is 0.477 e. The molecule has 122 valence electrons. The van der Waals surface area contributed by atoms with Crippen molar-refractivity contribution in [1.29, 1.82) is 0 Å². The molecule has 6 heteroatoms. The molecule has 1 aliphatic rings. The van der Waals surface area contributed by atoms with Crippen LogP contribution in [-0.4, -0.2) is 40.2 Å². The molecule has 1 aliphatic heterocycles. The van der Waals surface area contributed by atoms with Crippen molar-refractivity contribution in [2.24, 2.45) is 5.92 Å². The quantitative estimate of drug-likeness (QED) is 0.764. The molecule has 23 heavy (non-hydrogen) atoms. The molecule has 3 rings (SSSR count). The minimum Gasteiger partial charge on any atom is -0.477 e. The predicted molar refractivity (Wildman–Crippen MR) is 98.1 cm³/mol. The second kappa shape index (κ2) is 6.60. The van der Waals surface area contributed by atoms with Crippen molar-refractivity contribution < 1.29 is 9.90 Å². The number of rotatable bonds is 4. The number of hydrogen-bond acceptors (Lipinski definition) is 3. The Morgan fingerprint density at radius 3 is 2.87 bits per heavy atom. The van der Waals surface area contributed by atoms with Crippen molar-refractivity contribution in [2.75, 3.05) is 19.6 Å². The number of carbonyl (C=O) groups is 1. The molecule has 2 aromatic rings. The third-order valence-corrected chi connectivity index (χ3v) is 5.22. The molecular formula is C17H19IN2O3. The summed E-state index contributed by atoms with van der Waals surface area (Å²) in [7, 11) is 0. The van der Waals surface area contributed by atoms with Crippen molar-refractivity contribution in [3.05, 3.63) is 43.8 Å². The lowest BCUT2D eigenvalue weighted by atomic mass is 10.1. The van der Waals surface area contributed by atoms with Gasteiger partial charge in [0.05, 0.1) is 5.52 Å². The maximum atomic E-state index is 12.4. The molecule has 0 amide bonds. The Balaban J connectivity index is 2.07. The standard InChI is InChI=1S/C17H19IN2O3/c1-2-19-6-5-11(8-19)9-20-10-14(17(22)23)16(21)13-7-12(18)3-4-15(13)20/h3-4,7,10-11H,2,5-6,8-9H2,1H3,(H,22,23). The van der Waals surface area contributed by atoms with E-state index in [4.69, 9.17) is 0 Å². The fraction of sp³-hybridized carbons (Fsp3) is 0.412. The summed E-state index contributed by atoms with van der Waals surface area (Å²) in [6.45, 7) is 6.05. The highest BCUT2D eigenvalue weighted by Gasteiger charge is 2.23. The van der Waals surface area contributed by atoms with Gasteiger partial charge in [0.15, 0.2) is 0 Å². The third-order valence-electron chi connectivity index (χ3n) is 4.54. The topological polar surface area (TPSA) is 62.5 Å². The van der Waals surface area contributed by atoms with Gasteiger partial charge < -0.3 is 14.6 Å². The van der Waals surface area contributed by atoms with E-state index in [1.165, 1.54) is 6.20 Å². The average Bonchev–Trinajstić information content (AvgIpc) is 2.97. The molecule has 1 aromatic heterocycles. The molecule has 1 fully saturated rings. The summed E-state index contributed by atoms with van der Waals surface area (Å²) in [4.78, 5) is 26.2. The Morgan fingerprint density at radius 2 is 2.22 bits per heavy atom. The number of carboxylic acid groups (broad SMARTS) is 1. The normalized spacial score (nSPS) is 18.6. The monoisotopic (exact) mass is 426 g/mol. The Hall–Kier alpha value is -1.41. The van der Waals surface area contributed by atoms with E-state index < -0.39 is 11.4 Å². The number of aromatic carboxylic acids is 1. The van der Waals surface area contributed by atoms with Crippen LogP contribution in [0.2, 0.25) is 0 Å². The van der Waals surface area contributed by atoms with Gasteiger partial charge in [-0.3, -0.25) is 4.79 Å². The number of pyridine rings is 1. The Morgan fingerprint density at radius 1 is 1.43 bits per heavy atom. The van der Waals surface area contributed by atoms with Crippen LogP contribution in [0.4, 0.5) is 0 Å². The van der Waals surface area contributed by atoms with Crippen LogP contribution in [-0.2, 0) is 6.54 Å². The van der Waals surface area contributed by atoms with Gasteiger partial charge in [-0.2, -0.15) is 0 Å². The van der Waals surface area contributed by atoms with E-state index in [0.717, 1.165) is 41.7 Å². The predicted octanol–water partition coefficient (Wildman–Crippen LogP) is 2.65. The van der Waals surface area contributed by atoms with E-state index in [1.54, 1.807) is 6.07 Å². The molecule has 1 unspecified atom stereocenters. The Bertz CT molecular complexity index is 815. The van der Waals surface area contributed by atoms with E-state index >= 15 is 0 Å². The molecule has 1 N–H and O–H groups in total. The first kappa shape index (κ1) is 16.4. The van der Waals surface area contributed by atoms with E-state index in [1.807, 2.05) is 16.7 Å². The zero-order valence-corrected chi connectivity index (χ0v) is 15.1. The minimum absolute atomic E-state index is 0.148. The highest BCUT2D eigenvalue weighted by molar-refractivity contribution is 14.1. The van der Waals surface area contributed by atoms with E-state index in [2.05, 4.69) is 34.4 Å². The first-order chi connectivity index (χ1) is 11.0. The lowest BCUT2D eigenvalue weighted by Gasteiger charge is -2.17. The van der Waals surface area contributed by atoms with E-state index in [-0.39, 0.29) is 5.56 Å². The second-order valence-corrected chi connectivity index (χ2v) is 7.28. The summed E-state index contributed by atoms with van der Waals surface area (Å²) in [5, 5.41) is 9.82. The highest BCUT2D eigenvalue weighted by Crippen LogP contribution is 2.21. The fourth-order valence-corrected chi connectivity index (χ4v) is 3.79. The molecule has 0 aliphatic carbocycles. The van der Waals surface area contributed by atoms with Gasteiger partial charge in [0.1, 0.15) is 5.56 Å². The van der Waals surface area contributed by atoms with Gasteiger partial charge in [-0.1, -0.05) is 6.92 Å². The van der Waals surface area contributed by atoms with Crippen molar-refractivity contribution >= 4 is 39.5 Å². The van der Waals surface area contributed by atoms with Crippen LogP contribution in [0, 0.1) is 9.49 Å². The van der Waals surface area contributed by atoms with Crippen molar-refractivity contribution in [1.82, 2.24) is 9.47 Å². The van der Waals surface area contributed by atoms with Crippen molar-refractivity contribution in [3.8, 4) is 0 Å². The number of halogens is 1. The summed E-state index contributed by atoms with van der Waals surface area (Å²) in [5.74, 6) is -0.673. The van der Waals surface area contributed by atoms with Gasteiger partial charge in [-0.15, -0.1) is 0 Å². The smallest absolute Gasteiger partial charge is 0.341 e. The fourth-order valence-electron chi connectivity index (χ4n) is 3.30. The first-order valence-electron chi connectivity index (χ1n) is 7.78. The zero-order chi connectivity index (χ0) is 16.6. The summed E-state index contributed by atoms with van der Waals surface area (Å²) in [6, 6.07) is 5.64. The van der Waals surface area contributed by atoms with Crippen LogP contribution >= 0.6 is 22.6 Å². The number of benzene rings is 1.